The molecular weight excluding hydrogens is 221 g/mol. The van der Waals surface area contributed by atoms with E-state index in [1.54, 1.807) is 6.07 Å². The van der Waals surface area contributed by atoms with Gasteiger partial charge in [0.25, 0.3) is 0 Å². The van der Waals surface area contributed by atoms with Crippen molar-refractivity contribution < 1.29 is 14.3 Å². The molecule has 1 unspecified atom stereocenters. The van der Waals surface area contributed by atoms with Crippen molar-refractivity contribution in [2.45, 2.75) is 26.3 Å². The second-order valence-corrected chi connectivity index (χ2v) is 4.10. The molecule has 3 nitrogen and oxygen atoms in total. The van der Waals surface area contributed by atoms with Crippen molar-refractivity contribution in [2.24, 2.45) is 0 Å². The molecule has 1 N–H and O–H groups in total. The highest BCUT2D eigenvalue weighted by Gasteiger charge is 2.17. The quantitative estimate of drug-likeness (QED) is 0.829. The Hall–Kier alpha value is -1.42. The van der Waals surface area contributed by atoms with Gasteiger partial charge in [-0.2, -0.15) is 0 Å². The Morgan fingerprint density at radius 3 is 2.76 bits per heavy atom. The highest BCUT2D eigenvalue weighted by Crippen LogP contribution is 2.20. The van der Waals surface area contributed by atoms with Gasteiger partial charge in [-0.25, -0.2) is 4.39 Å². The molecule has 0 amide bonds. The minimum absolute atomic E-state index is 0.0223. The van der Waals surface area contributed by atoms with Crippen molar-refractivity contribution in [3.05, 3.63) is 35.6 Å². The van der Waals surface area contributed by atoms with Gasteiger partial charge in [-0.1, -0.05) is 19.1 Å². The second-order valence-electron chi connectivity index (χ2n) is 4.10. The smallest absolute Gasteiger partial charge is 0.317 e. The van der Waals surface area contributed by atoms with Crippen LogP contribution in [-0.4, -0.2) is 29.1 Å². The molecule has 94 valence electrons. The largest absolute Gasteiger partial charge is 0.480 e. The maximum Gasteiger partial charge on any atom is 0.317 e. The lowest BCUT2D eigenvalue weighted by Gasteiger charge is -2.27. The van der Waals surface area contributed by atoms with Crippen molar-refractivity contribution in [1.29, 1.82) is 0 Å². The average molecular weight is 239 g/mol. The molecule has 17 heavy (non-hydrogen) atoms. The van der Waals surface area contributed by atoms with E-state index in [9.17, 15) is 9.18 Å². The fourth-order valence-corrected chi connectivity index (χ4v) is 1.85. The van der Waals surface area contributed by atoms with Gasteiger partial charge >= 0.3 is 5.97 Å². The van der Waals surface area contributed by atoms with E-state index in [0.29, 0.717) is 6.54 Å². The summed E-state index contributed by atoms with van der Waals surface area (Å²) in [6.07, 6.45) is 0.868. The van der Waals surface area contributed by atoms with E-state index in [1.807, 2.05) is 24.8 Å². The first kappa shape index (κ1) is 13.6. The van der Waals surface area contributed by atoms with E-state index in [1.165, 1.54) is 12.1 Å². The Morgan fingerprint density at radius 1 is 1.53 bits per heavy atom. The van der Waals surface area contributed by atoms with Crippen molar-refractivity contribution >= 4 is 5.97 Å². The molecule has 0 spiro atoms. The number of nitrogens with zero attached hydrogens (tertiary/aromatic N) is 1. The first-order valence-electron chi connectivity index (χ1n) is 5.76. The number of carboxylic acids is 1. The van der Waals surface area contributed by atoms with Crippen LogP contribution >= 0.6 is 0 Å². The summed E-state index contributed by atoms with van der Waals surface area (Å²) in [6, 6.07) is 6.21. The number of rotatable bonds is 6. The molecule has 1 aromatic rings. The second kappa shape index (κ2) is 6.35. The van der Waals surface area contributed by atoms with Crippen molar-refractivity contribution in [2.75, 3.05) is 13.1 Å². The third-order valence-electron chi connectivity index (χ3n) is 2.73. The van der Waals surface area contributed by atoms with Crippen LogP contribution in [0.2, 0.25) is 0 Å². The molecule has 4 heteroatoms. The Kier molecular flexibility index (Phi) is 5.10. The Bertz CT molecular complexity index is 381. The van der Waals surface area contributed by atoms with Gasteiger partial charge in [-0.15, -0.1) is 0 Å². The summed E-state index contributed by atoms with van der Waals surface area (Å²) in [6.45, 7) is 4.55. The summed E-state index contributed by atoms with van der Waals surface area (Å²) < 4.78 is 13.1. The van der Waals surface area contributed by atoms with Crippen molar-refractivity contribution in [1.82, 2.24) is 4.90 Å². The first-order chi connectivity index (χ1) is 8.04. The lowest BCUT2D eigenvalue weighted by Crippen LogP contribution is -2.33. The fourth-order valence-electron chi connectivity index (χ4n) is 1.85. The molecule has 1 rings (SSSR count). The average Bonchev–Trinajstić information content (AvgIpc) is 2.27. The lowest BCUT2D eigenvalue weighted by atomic mass is 10.1. The van der Waals surface area contributed by atoms with Gasteiger partial charge in [0.1, 0.15) is 5.82 Å². The summed E-state index contributed by atoms with van der Waals surface area (Å²) in [5, 5.41) is 8.85. The predicted octanol–water partition coefficient (Wildman–Crippen LogP) is 2.68. The molecule has 0 aliphatic rings. The Morgan fingerprint density at radius 2 is 2.24 bits per heavy atom. The van der Waals surface area contributed by atoms with Gasteiger partial charge in [-0.05, 0) is 37.6 Å². The zero-order valence-electron chi connectivity index (χ0n) is 10.2. The van der Waals surface area contributed by atoms with Gasteiger partial charge in [0.2, 0.25) is 0 Å². The Balaban J connectivity index is 2.82. The lowest BCUT2D eigenvalue weighted by molar-refractivity contribution is -0.138. The van der Waals surface area contributed by atoms with Crippen LogP contribution in [-0.2, 0) is 4.79 Å². The number of hydrogen-bond donors (Lipinski definition) is 1. The molecule has 0 saturated carbocycles. The third-order valence-corrected chi connectivity index (χ3v) is 2.73. The number of benzene rings is 1. The zero-order chi connectivity index (χ0) is 12.8. The van der Waals surface area contributed by atoms with Crippen LogP contribution < -0.4 is 0 Å². The topological polar surface area (TPSA) is 40.5 Å². The number of aliphatic carboxylic acids is 1. The summed E-state index contributed by atoms with van der Waals surface area (Å²) in [4.78, 5) is 12.6. The van der Waals surface area contributed by atoms with E-state index in [4.69, 9.17) is 5.11 Å². The highest BCUT2D eigenvalue weighted by atomic mass is 19.1. The molecule has 0 aliphatic heterocycles. The normalized spacial score (nSPS) is 12.7. The molecule has 1 aromatic carbocycles. The van der Waals surface area contributed by atoms with Crippen molar-refractivity contribution in [3.8, 4) is 0 Å². The molecule has 0 radical (unpaired) electrons. The molecule has 0 fully saturated rings. The summed E-state index contributed by atoms with van der Waals surface area (Å²) in [5.41, 5.74) is 0.805. The molecule has 0 bridgehead atoms. The summed E-state index contributed by atoms with van der Waals surface area (Å²) >= 11 is 0. The van der Waals surface area contributed by atoms with E-state index in [-0.39, 0.29) is 18.4 Å². The first-order valence-corrected chi connectivity index (χ1v) is 5.76. The highest BCUT2D eigenvalue weighted by molar-refractivity contribution is 5.69. The number of halogens is 1. The molecular formula is C13H18FNO2. The van der Waals surface area contributed by atoms with Gasteiger partial charge in [-0.3, -0.25) is 9.69 Å². The molecule has 0 heterocycles. The summed E-state index contributed by atoms with van der Waals surface area (Å²) in [7, 11) is 0. The fraction of sp³-hybridized carbons (Fsp3) is 0.462. The van der Waals surface area contributed by atoms with E-state index in [2.05, 4.69) is 0 Å². The van der Waals surface area contributed by atoms with Crippen LogP contribution in [0.25, 0.3) is 0 Å². The van der Waals surface area contributed by atoms with Crippen LogP contribution in [0.5, 0.6) is 0 Å². The van der Waals surface area contributed by atoms with Crippen molar-refractivity contribution in [3.63, 3.8) is 0 Å². The number of carboxylic acid groups (broad SMARTS) is 1. The predicted molar refractivity (Wildman–Crippen MR) is 64.3 cm³/mol. The molecule has 1 atom stereocenters. The molecule has 0 aromatic heterocycles. The molecule has 0 saturated heterocycles. The van der Waals surface area contributed by atoms with Crippen LogP contribution in [0.15, 0.2) is 24.3 Å². The van der Waals surface area contributed by atoms with E-state index >= 15 is 0 Å². The van der Waals surface area contributed by atoms with Crippen LogP contribution in [0.3, 0.4) is 0 Å². The van der Waals surface area contributed by atoms with E-state index in [0.717, 1.165) is 12.0 Å². The number of carbonyl (C=O) groups is 1. The SMILES string of the molecule is CCCN(CC(=O)O)C(C)c1cccc(F)c1. The number of hydrogen-bond acceptors (Lipinski definition) is 2. The Labute approximate surface area is 101 Å². The van der Waals surface area contributed by atoms with Gasteiger partial charge in [0.05, 0.1) is 6.54 Å². The van der Waals surface area contributed by atoms with Crippen LogP contribution in [0.1, 0.15) is 31.9 Å². The summed E-state index contributed by atoms with van der Waals surface area (Å²) in [5.74, 6) is -1.15. The molecule has 0 aliphatic carbocycles. The minimum Gasteiger partial charge on any atom is -0.480 e. The van der Waals surface area contributed by atoms with Gasteiger partial charge in [0.15, 0.2) is 0 Å². The van der Waals surface area contributed by atoms with E-state index < -0.39 is 5.97 Å². The maximum atomic E-state index is 13.1. The monoisotopic (exact) mass is 239 g/mol. The van der Waals surface area contributed by atoms with Gasteiger partial charge in [0, 0.05) is 6.04 Å². The maximum absolute atomic E-state index is 13.1. The van der Waals surface area contributed by atoms with Crippen LogP contribution in [0, 0.1) is 5.82 Å². The standard InChI is InChI=1S/C13H18FNO2/c1-3-7-15(9-13(16)17)10(2)11-5-4-6-12(14)8-11/h4-6,8,10H,3,7,9H2,1-2H3,(H,16,17). The zero-order valence-corrected chi connectivity index (χ0v) is 10.2. The minimum atomic E-state index is -0.860. The van der Waals surface area contributed by atoms with Gasteiger partial charge < -0.3 is 5.11 Å². The third kappa shape index (κ3) is 4.15. The van der Waals surface area contributed by atoms with Crippen LogP contribution in [0.4, 0.5) is 4.39 Å².